The van der Waals surface area contributed by atoms with E-state index in [2.05, 4.69) is 76.6 Å². The normalized spacial score (nSPS) is 11.4. The number of halogens is 2. The number of carbonyl (C=O) groups is 1. The molecule has 6 heteroatoms. The van der Waals surface area contributed by atoms with Crippen molar-refractivity contribution in [2.45, 2.75) is 11.8 Å². The van der Waals surface area contributed by atoms with E-state index in [-0.39, 0.29) is 6.61 Å². The highest BCUT2D eigenvalue weighted by Gasteiger charge is 2.08. The summed E-state index contributed by atoms with van der Waals surface area (Å²) < 4.78 is 6.38. The molecule has 0 spiro atoms. The molecule has 0 aromatic heterocycles. The third kappa shape index (κ3) is 7.03. The van der Waals surface area contributed by atoms with Crippen molar-refractivity contribution in [3.8, 4) is 16.9 Å². The predicted molar refractivity (Wildman–Crippen MR) is 153 cm³/mol. The fourth-order valence-corrected chi connectivity index (χ4v) is 5.10. The molecule has 4 aromatic carbocycles. The number of aliphatic carboxylic acids is 1. The average molecular weight is 580 g/mol. The zero-order valence-electron chi connectivity index (χ0n) is 19.6. The highest BCUT2D eigenvalue weighted by Crippen LogP contribution is 2.31. The second-order valence-electron chi connectivity index (χ2n) is 8.13. The highest BCUT2D eigenvalue weighted by molar-refractivity contribution is 9.10. The van der Waals surface area contributed by atoms with Gasteiger partial charge < -0.3 is 9.84 Å². The van der Waals surface area contributed by atoms with Gasteiger partial charge in [0, 0.05) is 20.1 Å². The van der Waals surface area contributed by atoms with Crippen LogP contribution in [0.4, 0.5) is 0 Å². The molecule has 0 aliphatic carbocycles. The molecule has 0 radical (unpaired) electrons. The van der Waals surface area contributed by atoms with Crippen LogP contribution in [0.3, 0.4) is 0 Å². The average Bonchev–Trinajstić information content (AvgIpc) is 2.87. The maximum atomic E-state index is 10.8. The van der Waals surface area contributed by atoms with Crippen molar-refractivity contribution in [1.29, 1.82) is 0 Å². The Kier molecular flexibility index (Phi) is 8.92. The highest BCUT2D eigenvalue weighted by atomic mass is 79.9. The van der Waals surface area contributed by atoms with Crippen LogP contribution in [0.25, 0.3) is 16.7 Å². The lowest BCUT2D eigenvalue weighted by Gasteiger charge is -2.12. The number of thioether (sulfide) groups is 1. The topological polar surface area (TPSA) is 46.5 Å². The Morgan fingerprint density at radius 2 is 1.64 bits per heavy atom. The fourth-order valence-electron chi connectivity index (χ4n) is 3.78. The van der Waals surface area contributed by atoms with Gasteiger partial charge in [0.05, 0.1) is 0 Å². The van der Waals surface area contributed by atoms with E-state index in [1.165, 1.54) is 0 Å². The molecule has 1 N–H and O–H groups in total. The maximum Gasteiger partial charge on any atom is 0.341 e. The quantitative estimate of drug-likeness (QED) is 0.201. The summed E-state index contributed by atoms with van der Waals surface area (Å²) in [4.78, 5) is 11.9. The van der Waals surface area contributed by atoms with Gasteiger partial charge >= 0.3 is 5.97 Å². The largest absolute Gasteiger partial charge is 0.482 e. The van der Waals surface area contributed by atoms with E-state index in [4.69, 9.17) is 21.4 Å². The molecule has 182 valence electrons. The standard InChI is InChI=1S/C30H24BrClO3S/c1-20-17-27(13-14-29(20)35-19-30(33)34)36-16-15-28(23-9-11-25(31)12-10-23)22-7-5-21(6-8-22)24-3-2-4-26(32)18-24/h2-15,17-18H,16,19H2,1H3,(H,33,34)/b28-15+. The predicted octanol–water partition coefficient (Wildman–Crippen LogP) is 8.77. The number of hydrogen-bond donors (Lipinski definition) is 1. The van der Waals surface area contributed by atoms with Gasteiger partial charge in [0.2, 0.25) is 0 Å². The van der Waals surface area contributed by atoms with Gasteiger partial charge in [-0.3, -0.25) is 0 Å². The Hall–Kier alpha value is -2.99. The monoisotopic (exact) mass is 578 g/mol. The Balaban J connectivity index is 1.55. The molecule has 4 aromatic rings. The zero-order valence-corrected chi connectivity index (χ0v) is 22.7. The number of hydrogen-bond acceptors (Lipinski definition) is 3. The Bertz CT molecular complexity index is 1380. The second-order valence-corrected chi connectivity index (χ2v) is 10.6. The van der Waals surface area contributed by atoms with Crippen LogP contribution < -0.4 is 4.74 Å². The zero-order chi connectivity index (χ0) is 25.5. The number of rotatable bonds is 9. The lowest BCUT2D eigenvalue weighted by molar-refractivity contribution is -0.139. The minimum absolute atomic E-state index is 0.345. The molecule has 0 saturated carbocycles. The third-order valence-electron chi connectivity index (χ3n) is 5.54. The molecule has 0 amide bonds. The van der Waals surface area contributed by atoms with E-state index in [1.54, 1.807) is 11.8 Å². The van der Waals surface area contributed by atoms with E-state index in [0.29, 0.717) is 5.75 Å². The van der Waals surface area contributed by atoms with E-state index in [1.807, 2.05) is 43.3 Å². The minimum Gasteiger partial charge on any atom is -0.482 e. The van der Waals surface area contributed by atoms with Gasteiger partial charge in [0.15, 0.2) is 6.61 Å². The molecule has 0 fully saturated rings. The molecule has 0 saturated heterocycles. The van der Waals surface area contributed by atoms with Crippen LogP contribution in [0.1, 0.15) is 16.7 Å². The molecule has 4 rings (SSSR count). The van der Waals surface area contributed by atoms with Gasteiger partial charge in [-0.2, -0.15) is 0 Å². The Morgan fingerprint density at radius 3 is 2.28 bits per heavy atom. The first-order valence-electron chi connectivity index (χ1n) is 11.3. The van der Waals surface area contributed by atoms with E-state index in [0.717, 1.165) is 53.5 Å². The molecular formula is C30H24BrClO3S. The first-order chi connectivity index (χ1) is 17.4. The van der Waals surface area contributed by atoms with Crippen molar-refractivity contribution in [3.63, 3.8) is 0 Å². The summed E-state index contributed by atoms with van der Waals surface area (Å²) in [5.74, 6) is 0.377. The molecular weight excluding hydrogens is 556 g/mol. The van der Waals surface area contributed by atoms with Crippen LogP contribution in [-0.2, 0) is 4.79 Å². The van der Waals surface area contributed by atoms with Gasteiger partial charge in [-0.15, -0.1) is 11.8 Å². The van der Waals surface area contributed by atoms with Crippen molar-refractivity contribution in [2.24, 2.45) is 0 Å². The summed E-state index contributed by atoms with van der Waals surface area (Å²) in [6.45, 7) is 1.58. The second kappa shape index (κ2) is 12.3. The summed E-state index contributed by atoms with van der Waals surface area (Å²) >= 11 is 11.4. The van der Waals surface area contributed by atoms with Crippen molar-refractivity contribution in [1.82, 2.24) is 0 Å². The van der Waals surface area contributed by atoms with Crippen molar-refractivity contribution in [2.75, 3.05) is 12.4 Å². The molecule has 0 aliphatic rings. The van der Waals surface area contributed by atoms with Crippen LogP contribution >= 0.6 is 39.3 Å². The summed E-state index contributed by atoms with van der Waals surface area (Å²) in [6.07, 6.45) is 2.24. The van der Waals surface area contributed by atoms with Crippen LogP contribution in [0.15, 0.2) is 106 Å². The lowest BCUT2D eigenvalue weighted by atomic mass is 9.95. The van der Waals surface area contributed by atoms with Gasteiger partial charge in [0.25, 0.3) is 0 Å². The summed E-state index contributed by atoms with van der Waals surface area (Å²) in [6, 6.07) is 30.6. The molecule has 0 bridgehead atoms. The van der Waals surface area contributed by atoms with E-state index in [9.17, 15) is 4.79 Å². The fraction of sp³-hybridized carbons (Fsp3) is 0.100. The lowest BCUT2D eigenvalue weighted by Crippen LogP contribution is -2.09. The van der Waals surface area contributed by atoms with Crippen molar-refractivity contribution < 1.29 is 14.6 Å². The molecule has 0 heterocycles. The van der Waals surface area contributed by atoms with E-state index < -0.39 is 5.97 Å². The first kappa shape index (κ1) is 26.1. The van der Waals surface area contributed by atoms with Gasteiger partial charge in [-0.05, 0) is 82.8 Å². The number of carboxylic acid groups (broad SMARTS) is 1. The van der Waals surface area contributed by atoms with Gasteiger partial charge in [-0.25, -0.2) is 4.79 Å². The summed E-state index contributed by atoms with van der Waals surface area (Å²) in [5.41, 5.74) is 6.55. The maximum absolute atomic E-state index is 10.8. The molecule has 3 nitrogen and oxygen atoms in total. The smallest absolute Gasteiger partial charge is 0.341 e. The van der Waals surface area contributed by atoms with E-state index >= 15 is 0 Å². The van der Waals surface area contributed by atoms with Crippen LogP contribution in [-0.4, -0.2) is 23.4 Å². The van der Waals surface area contributed by atoms with Crippen molar-refractivity contribution >= 4 is 50.8 Å². The first-order valence-corrected chi connectivity index (χ1v) is 13.5. The van der Waals surface area contributed by atoms with Gasteiger partial charge in [-0.1, -0.05) is 82.1 Å². The van der Waals surface area contributed by atoms with Crippen LogP contribution in [0, 0.1) is 6.92 Å². The number of ether oxygens (including phenoxy) is 1. The molecule has 36 heavy (non-hydrogen) atoms. The Morgan fingerprint density at radius 1 is 0.944 bits per heavy atom. The third-order valence-corrected chi connectivity index (χ3v) is 7.23. The minimum atomic E-state index is -0.987. The Labute approximate surface area is 228 Å². The molecule has 0 atom stereocenters. The summed E-state index contributed by atoms with van der Waals surface area (Å²) in [5, 5.41) is 9.56. The van der Waals surface area contributed by atoms with Crippen LogP contribution in [0.5, 0.6) is 5.75 Å². The van der Waals surface area contributed by atoms with Crippen LogP contribution in [0.2, 0.25) is 5.02 Å². The molecule has 0 aliphatic heterocycles. The SMILES string of the molecule is Cc1cc(SC/C=C(/c2ccc(Br)cc2)c2ccc(-c3cccc(Cl)c3)cc2)ccc1OCC(=O)O. The number of carboxylic acids is 1. The number of benzene rings is 4. The van der Waals surface area contributed by atoms with Crippen molar-refractivity contribution in [3.05, 3.63) is 123 Å². The van der Waals surface area contributed by atoms with Gasteiger partial charge in [0.1, 0.15) is 5.75 Å². The summed E-state index contributed by atoms with van der Waals surface area (Å²) in [7, 11) is 0. The molecule has 0 unspecified atom stereocenters. The number of aryl methyl sites for hydroxylation is 1.